The molecule has 0 aromatic heterocycles. The average Bonchev–Trinajstić information content (AvgIpc) is 2.89. The van der Waals surface area contributed by atoms with Gasteiger partial charge in [-0.05, 0) is 54.1 Å². The Morgan fingerprint density at radius 3 is 2.00 bits per heavy atom. The number of para-hydroxylation sites is 3. The lowest BCUT2D eigenvalue weighted by molar-refractivity contribution is -0.145. The molecule has 4 aromatic carbocycles. The van der Waals surface area contributed by atoms with Gasteiger partial charge in [0.05, 0.1) is 17.9 Å². The second-order valence-corrected chi connectivity index (χ2v) is 9.23. The molecule has 1 atom stereocenters. The predicted octanol–water partition coefficient (Wildman–Crippen LogP) is 6.44. The summed E-state index contributed by atoms with van der Waals surface area (Å²) in [7, 11) is 0. The molecule has 0 saturated heterocycles. The maximum absolute atomic E-state index is 11.7. The summed E-state index contributed by atoms with van der Waals surface area (Å²) in [6, 6.07) is 33.4. The first kappa shape index (κ1) is 22.9. The second kappa shape index (κ2) is 10.6. The lowest BCUT2D eigenvalue weighted by Crippen LogP contribution is -2.29. The van der Waals surface area contributed by atoms with Crippen LogP contribution in [-0.2, 0) is 11.2 Å². The Kier molecular flexibility index (Phi) is 6.91. The Balaban J connectivity index is 1.21. The van der Waals surface area contributed by atoms with Crippen molar-refractivity contribution in [1.29, 1.82) is 0 Å². The van der Waals surface area contributed by atoms with E-state index in [0.29, 0.717) is 18.9 Å². The Labute approximate surface area is 208 Å². The van der Waals surface area contributed by atoms with E-state index < -0.39 is 12.1 Å². The highest BCUT2D eigenvalue weighted by Crippen LogP contribution is 2.47. The van der Waals surface area contributed by atoms with Crippen LogP contribution >= 0.6 is 11.8 Å². The van der Waals surface area contributed by atoms with Crippen molar-refractivity contribution in [3.8, 4) is 11.5 Å². The van der Waals surface area contributed by atoms with Crippen LogP contribution in [0.15, 0.2) is 113 Å². The molecule has 0 radical (unpaired) electrons. The zero-order chi connectivity index (χ0) is 24.0. The van der Waals surface area contributed by atoms with Crippen molar-refractivity contribution in [3.63, 3.8) is 0 Å². The van der Waals surface area contributed by atoms with Gasteiger partial charge in [0, 0.05) is 16.2 Å². The normalized spacial score (nSPS) is 12.9. The number of aliphatic carboxylic acids is 1. The molecule has 6 heteroatoms. The van der Waals surface area contributed by atoms with E-state index in [9.17, 15) is 9.90 Å². The largest absolute Gasteiger partial charge is 0.492 e. The number of hydrogen-bond donors (Lipinski definition) is 1. The Morgan fingerprint density at radius 2 is 1.37 bits per heavy atom. The van der Waals surface area contributed by atoms with Gasteiger partial charge in [-0.3, -0.25) is 0 Å². The molecule has 1 aliphatic heterocycles. The van der Waals surface area contributed by atoms with E-state index in [1.807, 2.05) is 42.5 Å². The van der Waals surface area contributed by atoms with Gasteiger partial charge in [-0.15, -0.1) is 0 Å². The van der Waals surface area contributed by atoms with E-state index in [-0.39, 0.29) is 6.42 Å². The third-order valence-corrected chi connectivity index (χ3v) is 6.89. The Bertz CT molecular complexity index is 1250. The topological polar surface area (TPSA) is 59.0 Å². The van der Waals surface area contributed by atoms with Crippen LogP contribution in [0.4, 0.5) is 11.4 Å². The first-order valence-corrected chi connectivity index (χ1v) is 12.3. The number of hydrogen-bond acceptors (Lipinski definition) is 5. The number of carbonyl (C=O) groups is 1. The van der Waals surface area contributed by atoms with Gasteiger partial charge in [-0.25, -0.2) is 4.79 Å². The highest BCUT2D eigenvalue weighted by Gasteiger charge is 2.23. The maximum atomic E-state index is 11.7. The molecule has 1 unspecified atom stereocenters. The van der Waals surface area contributed by atoms with Crippen molar-refractivity contribution < 1.29 is 19.4 Å². The minimum atomic E-state index is -0.991. The molecule has 35 heavy (non-hydrogen) atoms. The molecular weight excluding hydrogens is 458 g/mol. The molecular formula is C29H25NO4S. The summed E-state index contributed by atoms with van der Waals surface area (Å²) in [5.74, 6) is 0.297. The number of carboxylic acid groups (broad SMARTS) is 1. The van der Waals surface area contributed by atoms with Gasteiger partial charge in [0.1, 0.15) is 18.1 Å². The van der Waals surface area contributed by atoms with Gasteiger partial charge >= 0.3 is 5.97 Å². The fraction of sp³-hybridized carbons (Fsp3) is 0.138. The molecule has 1 N–H and O–H groups in total. The molecule has 5 nitrogen and oxygen atoms in total. The van der Waals surface area contributed by atoms with Gasteiger partial charge in [0.2, 0.25) is 0 Å². The van der Waals surface area contributed by atoms with Crippen molar-refractivity contribution in [3.05, 3.63) is 109 Å². The molecule has 1 aliphatic rings. The van der Waals surface area contributed by atoms with Gasteiger partial charge < -0.3 is 19.5 Å². The van der Waals surface area contributed by atoms with Crippen molar-refractivity contribution in [1.82, 2.24) is 0 Å². The highest BCUT2D eigenvalue weighted by atomic mass is 32.2. The number of ether oxygens (including phenoxy) is 2. The van der Waals surface area contributed by atoms with Crippen LogP contribution in [0.5, 0.6) is 11.5 Å². The molecule has 5 rings (SSSR count). The number of benzene rings is 4. The van der Waals surface area contributed by atoms with E-state index in [1.54, 1.807) is 23.9 Å². The van der Waals surface area contributed by atoms with Crippen LogP contribution in [0, 0.1) is 0 Å². The van der Waals surface area contributed by atoms with E-state index in [0.717, 1.165) is 11.3 Å². The number of nitrogens with zero attached hydrogens (tertiary/aromatic N) is 1. The van der Waals surface area contributed by atoms with Gasteiger partial charge in [-0.2, -0.15) is 0 Å². The summed E-state index contributed by atoms with van der Waals surface area (Å²) in [6.07, 6.45) is -0.690. The smallest absolute Gasteiger partial charge is 0.345 e. The quantitative estimate of drug-likeness (QED) is 0.296. The van der Waals surface area contributed by atoms with Crippen LogP contribution < -0.4 is 14.4 Å². The summed E-state index contributed by atoms with van der Waals surface area (Å²) in [4.78, 5) is 16.5. The zero-order valence-electron chi connectivity index (χ0n) is 19.0. The molecule has 0 aliphatic carbocycles. The molecule has 4 aromatic rings. The third kappa shape index (κ3) is 5.44. The number of anilines is 2. The van der Waals surface area contributed by atoms with E-state index in [1.165, 1.54) is 21.2 Å². The van der Waals surface area contributed by atoms with E-state index >= 15 is 0 Å². The first-order valence-electron chi connectivity index (χ1n) is 11.5. The van der Waals surface area contributed by atoms with Crippen molar-refractivity contribution in [2.24, 2.45) is 0 Å². The minimum absolute atomic E-state index is 0.267. The Hall–Kier alpha value is -3.90. The number of carboxylic acids is 1. The fourth-order valence-corrected chi connectivity index (χ4v) is 5.15. The van der Waals surface area contributed by atoms with Crippen LogP contribution in [0.25, 0.3) is 0 Å². The molecule has 1 heterocycles. The lowest BCUT2D eigenvalue weighted by Gasteiger charge is -2.32. The van der Waals surface area contributed by atoms with E-state index in [2.05, 4.69) is 53.4 Å². The van der Waals surface area contributed by atoms with Crippen LogP contribution in [0.3, 0.4) is 0 Å². The van der Waals surface area contributed by atoms with Gasteiger partial charge in [0.25, 0.3) is 0 Å². The van der Waals surface area contributed by atoms with Crippen LogP contribution in [-0.4, -0.2) is 30.3 Å². The molecule has 0 saturated carbocycles. The van der Waals surface area contributed by atoms with Crippen molar-refractivity contribution >= 4 is 29.1 Å². The summed E-state index contributed by atoms with van der Waals surface area (Å²) in [5, 5.41) is 9.57. The fourth-order valence-electron chi connectivity index (χ4n) is 4.06. The maximum Gasteiger partial charge on any atom is 0.345 e. The highest BCUT2D eigenvalue weighted by molar-refractivity contribution is 7.99. The molecule has 0 fully saturated rings. The number of fused-ring (bicyclic) bond motifs is 2. The second-order valence-electron chi connectivity index (χ2n) is 8.14. The zero-order valence-corrected chi connectivity index (χ0v) is 19.9. The summed E-state index contributed by atoms with van der Waals surface area (Å²) >= 11 is 1.79. The van der Waals surface area contributed by atoms with Crippen molar-refractivity contribution in [2.45, 2.75) is 22.3 Å². The third-order valence-electron chi connectivity index (χ3n) is 5.76. The van der Waals surface area contributed by atoms with Crippen LogP contribution in [0.2, 0.25) is 0 Å². The summed E-state index contributed by atoms with van der Waals surface area (Å²) in [6.45, 7) is 1.23. The molecule has 176 valence electrons. The monoisotopic (exact) mass is 483 g/mol. The predicted molar refractivity (Wildman–Crippen MR) is 138 cm³/mol. The molecule has 0 amide bonds. The molecule has 0 bridgehead atoms. The summed E-state index contributed by atoms with van der Waals surface area (Å²) in [5.41, 5.74) is 3.25. The number of rotatable bonds is 9. The Morgan fingerprint density at radius 1 is 0.771 bits per heavy atom. The van der Waals surface area contributed by atoms with Gasteiger partial charge in [-0.1, -0.05) is 66.4 Å². The standard InChI is InChI=1S/C29H25NO4S/c31-29(32)26(34-23-8-2-1-3-9-23)20-21-14-16-22(17-15-21)33-19-18-30-24-10-4-6-12-27(24)35-28-13-7-5-11-25(28)30/h1-17,26H,18-20H2,(H,31,32). The molecule has 0 spiro atoms. The van der Waals surface area contributed by atoms with Crippen molar-refractivity contribution in [2.75, 3.05) is 18.1 Å². The van der Waals surface area contributed by atoms with Crippen LogP contribution in [0.1, 0.15) is 5.56 Å². The first-order chi connectivity index (χ1) is 17.2. The lowest BCUT2D eigenvalue weighted by atomic mass is 10.1. The average molecular weight is 484 g/mol. The SMILES string of the molecule is O=C(O)C(Cc1ccc(OCCN2c3ccccc3Sc3ccccc32)cc1)Oc1ccccc1. The van der Waals surface area contributed by atoms with Gasteiger partial charge in [0.15, 0.2) is 6.10 Å². The summed E-state index contributed by atoms with van der Waals surface area (Å²) < 4.78 is 11.7. The minimum Gasteiger partial charge on any atom is -0.492 e. The van der Waals surface area contributed by atoms with E-state index in [4.69, 9.17) is 9.47 Å².